The second kappa shape index (κ2) is 12.2. The Labute approximate surface area is 175 Å². The van der Waals surface area contributed by atoms with E-state index in [-0.39, 0.29) is 6.10 Å². The van der Waals surface area contributed by atoms with Crippen LogP contribution in [0.2, 0.25) is 0 Å². The molecule has 1 N–H and O–H groups in total. The summed E-state index contributed by atoms with van der Waals surface area (Å²) in [6.45, 7) is 5.26. The predicted octanol–water partition coefficient (Wildman–Crippen LogP) is 3.25. The van der Waals surface area contributed by atoms with Crippen molar-refractivity contribution in [2.24, 2.45) is 10.9 Å². The van der Waals surface area contributed by atoms with Crippen LogP contribution in [0.25, 0.3) is 0 Å². The van der Waals surface area contributed by atoms with Gasteiger partial charge in [-0.25, -0.2) is 0 Å². The molecule has 0 aliphatic carbocycles. The van der Waals surface area contributed by atoms with E-state index in [1.54, 1.807) is 7.11 Å². The van der Waals surface area contributed by atoms with Gasteiger partial charge in [-0.15, -0.1) is 0 Å². The second-order valence-electron chi connectivity index (χ2n) is 7.94. The van der Waals surface area contributed by atoms with E-state index in [1.807, 2.05) is 7.05 Å². The molecular weight excluding hydrogens is 366 g/mol. The number of nitrogens with zero attached hydrogens (tertiary/aromatic N) is 2. The number of aliphatic imine (C=N–C) groups is 1. The Balaban J connectivity index is 1.45. The average Bonchev–Trinajstić information content (AvgIpc) is 2.79. The Morgan fingerprint density at radius 1 is 1.17 bits per heavy atom. The predicted molar refractivity (Wildman–Crippen MR) is 116 cm³/mol. The van der Waals surface area contributed by atoms with E-state index >= 15 is 0 Å². The van der Waals surface area contributed by atoms with Crippen LogP contribution in [-0.2, 0) is 14.2 Å². The summed E-state index contributed by atoms with van der Waals surface area (Å²) in [4.78, 5) is 6.90. The van der Waals surface area contributed by atoms with Crippen molar-refractivity contribution in [2.45, 2.75) is 44.3 Å². The fourth-order valence-corrected chi connectivity index (χ4v) is 4.31. The van der Waals surface area contributed by atoms with Crippen molar-refractivity contribution in [2.75, 3.05) is 53.6 Å². The van der Waals surface area contributed by atoms with E-state index in [1.165, 1.54) is 12.0 Å². The molecule has 0 bridgehead atoms. The number of hydrogen-bond donors (Lipinski definition) is 1. The molecule has 2 aliphatic rings. The van der Waals surface area contributed by atoms with Crippen molar-refractivity contribution >= 4 is 5.96 Å². The zero-order valence-electron chi connectivity index (χ0n) is 18.0. The lowest BCUT2D eigenvalue weighted by Crippen LogP contribution is -2.48. The van der Waals surface area contributed by atoms with Gasteiger partial charge in [0.25, 0.3) is 0 Å². The highest BCUT2D eigenvalue weighted by Gasteiger charge is 2.28. The standard InChI is InChI=1S/C23H37N3O3/c1-24-23(26-13-11-21(12-14-26)28-17-7-15-27-2)25-18-20-10-6-16-29-22(20)19-8-4-3-5-9-19/h3-5,8-9,20-22H,6-7,10-18H2,1-2H3,(H,24,25). The molecule has 0 aromatic heterocycles. The quantitative estimate of drug-likeness (QED) is 0.410. The molecule has 2 fully saturated rings. The largest absolute Gasteiger partial charge is 0.385 e. The zero-order valence-corrected chi connectivity index (χ0v) is 18.0. The molecule has 0 spiro atoms. The first-order chi connectivity index (χ1) is 14.3. The molecule has 6 heteroatoms. The molecule has 1 aromatic carbocycles. The van der Waals surface area contributed by atoms with Crippen molar-refractivity contribution in [1.29, 1.82) is 0 Å². The fraction of sp³-hybridized carbons (Fsp3) is 0.696. The van der Waals surface area contributed by atoms with Crippen LogP contribution in [0.5, 0.6) is 0 Å². The first-order valence-electron chi connectivity index (χ1n) is 11.0. The highest BCUT2D eigenvalue weighted by atomic mass is 16.5. The topological polar surface area (TPSA) is 55.3 Å². The van der Waals surface area contributed by atoms with Gasteiger partial charge in [0.1, 0.15) is 0 Å². The van der Waals surface area contributed by atoms with Crippen LogP contribution in [-0.4, -0.2) is 70.6 Å². The van der Waals surface area contributed by atoms with Gasteiger partial charge in [-0.3, -0.25) is 4.99 Å². The first kappa shape index (κ1) is 22.1. The average molecular weight is 404 g/mol. The summed E-state index contributed by atoms with van der Waals surface area (Å²) in [6, 6.07) is 10.6. The molecule has 2 unspecified atom stereocenters. The van der Waals surface area contributed by atoms with Crippen molar-refractivity contribution in [1.82, 2.24) is 10.2 Å². The van der Waals surface area contributed by atoms with Gasteiger partial charge in [0.2, 0.25) is 0 Å². The van der Waals surface area contributed by atoms with E-state index in [2.05, 4.69) is 45.5 Å². The number of rotatable bonds is 8. The minimum absolute atomic E-state index is 0.168. The molecule has 2 heterocycles. The summed E-state index contributed by atoms with van der Waals surface area (Å²) in [6.07, 6.45) is 5.89. The van der Waals surface area contributed by atoms with Crippen LogP contribution in [0.4, 0.5) is 0 Å². The van der Waals surface area contributed by atoms with Gasteiger partial charge in [0, 0.05) is 59.5 Å². The smallest absolute Gasteiger partial charge is 0.193 e. The lowest BCUT2D eigenvalue weighted by atomic mass is 9.89. The highest BCUT2D eigenvalue weighted by Crippen LogP contribution is 2.33. The van der Waals surface area contributed by atoms with Crippen LogP contribution < -0.4 is 5.32 Å². The molecule has 6 nitrogen and oxygen atoms in total. The van der Waals surface area contributed by atoms with Gasteiger partial charge in [-0.05, 0) is 37.7 Å². The number of piperidine rings is 1. The summed E-state index contributed by atoms with van der Waals surface area (Å²) in [5.74, 6) is 1.46. The number of hydrogen-bond acceptors (Lipinski definition) is 4. The van der Waals surface area contributed by atoms with E-state index in [9.17, 15) is 0 Å². The molecular formula is C23H37N3O3. The van der Waals surface area contributed by atoms with Crippen LogP contribution in [0.3, 0.4) is 0 Å². The summed E-state index contributed by atoms with van der Waals surface area (Å²) in [5, 5.41) is 3.62. The molecule has 3 rings (SSSR count). The van der Waals surface area contributed by atoms with Gasteiger partial charge < -0.3 is 24.4 Å². The number of guanidine groups is 1. The SMILES string of the molecule is CN=C(NCC1CCCOC1c1ccccc1)N1CCC(OCCCOC)CC1. The fourth-order valence-electron chi connectivity index (χ4n) is 4.31. The normalized spacial score (nSPS) is 23.9. The molecule has 2 atom stereocenters. The summed E-state index contributed by atoms with van der Waals surface area (Å²) < 4.78 is 17.2. The van der Waals surface area contributed by atoms with Crippen LogP contribution in [0.15, 0.2) is 35.3 Å². The molecule has 29 heavy (non-hydrogen) atoms. The van der Waals surface area contributed by atoms with E-state index in [4.69, 9.17) is 14.2 Å². The maximum atomic E-state index is 6.14. The van der Waals surface area contributed by atoms with E-state index in [0.717, 1.165) is 71.1 Å². The lowest BCUT2D eigenvalue weighted by Gasteiger charge is -2.36. The van der Waals surface area contributed by atoms with Crippen molar-refractivity contribution in [3.63, 3.8) is 0 Å². The Hall–Kier alpha value is -1.63. The molecule has 0 amide bonds. The third kappa shape index (κ3) is 6.69. The van der Waals surface area contributed by atoms with Crippen molar-refractivity contribution < 1.29 is 14.2 Å². The minimum atomic E-state index is 0.168. The highest BCUT2D eigenvalue weighted by molar-refractivity contribution is 5.80. The molecule has 0 saturated carbocycles. The maximum Gasteiger partial charge on any atom is 0.193 e. The van der Waals surface area contributed by atoms with E-state index < -0.39 is 0 Å². The number of likely N-dealkylation sites (tertiary alicyclic amines) is 1. The Morgan fingerprint density at radius 3 is 2.69 bits per heavy atom. The Kier molecular flexibility index (Phi) is 9.25. The lowest BCUT2D eigenvalue weighted by molar-refractivity contribution is -0.0268. The third-order valence-corrected chi connectivity index (χ3v) is 5.89. The monoisotopic (exact) mass is 403 g/mol. The molecule has 0 radical (unpaired) electrons. The van der Waals surface area contributed by atoms with Gasteiger partial charge in [-0.1, -0.05) is 30.3 Å². The number of benzene rings is 1. The van der Waals surface area contributed by atoms with Crippen molar-refractivity contribution in [3.05, 3.63) is 35.9 Å². The zero-order chi connectivity index (χ0) is 20.3. The Bertz CT molecular complexity index is 603. The summed E-state index contributed by atoms with van der Waals surface area (Å²) in [7, 11) is 3.61. The molecule has 1 aromatic rings. The molecule has 2 saturated heterocycles. The third-order valence-electron chi connectivity index (χ3n) is 5.89. The van der Waals surface area contributed by atoms with Gasteiger partial charge >= 0.3 is 0 Å². The van der Waals surface area contributed by atoms with Gasteiger partial charge in [0.15, 0.2) is 5.96 Å². The molecule has 162 valence electrons. The Morgan fingerprint density at radius 2 is 1.97 bits per heavy atom. The minimum Gasteiger partial charge on any atom is -0.385 e. The maximum absolute atomic E-state index is 6.14. The van der Waals surface area contributed by atoms with Crippen LogP contribution in [0.1, 0.15) is 43.8 Å². The summed E-state index contributed by atoms with van der Waals surface area (Å²) >= 11 is 0. The second-order valence-corrected chi connectivity index (χ2v) is 7.94. The van der Waals surface area contributed by atoms with Crippen LogP contribution in [0, 0.1) is 5.92 Å². The number of nitrogens with one attached hydrogen (secondary N) is 1. The number of methoxy groups -OCH3 is 1. The summed E-state index contributed by atoms with van der Waals surface area (Å²) in [5.41, 5.74) is 1.28. The van der Waals surface area contributed by atoms with Crippen molar-refractivity contribution in [3.8, 4) is 0 Å². The van der Waals surface area contributed by atoms with Crippen LogP contribution >= 0.6 is 0 Å². The van der Waals surface area contributed by atoms with Gasteiger partial charge in [0.05, 0.1) is 12.2 Å². The first-order valence-corrected chi connectivity index (χ1v) is 11.0. The van der Waals surface area contributed by atoms with E-state index in [0.29, 0.717) is 12.0 Å². The number of ether oxygens (including phenoxy) is 3. The molecule has 2 aliphatic heterocycles. The van der Waals surface area contributed by atoms with Gasteiger partial charge in [-0.2, -0.15) is 0 Å².